The van der Waals surface area contributed by atoms with Crippen molar-refractivity contribution >= 4 is 22.8 Å². The Morgan fingerprint density at radius 2 is 1.89 bits per heavy atom. The van der Waals surface area contributed by atoms with Crippen molar-refractivity contribution in [3.8, 4) is 11.8 Å². The molecule has 0 amide bonds. The molecule has 0 spiro atoms. The lowest BCUT2D eigenvalue weighted by atomic mass is 10.1. The summed E-state index contributed by atoms with van der Waals surface area (Å²) >= 11 is 6.43. The second kappa shape index (κ2) is 10.5. The van der Waals surface area contributed by atoms with Gasteiger partial charge in [-0.05, 0) is 45.3 Å². The third-order valence-corrected chi connectivity index (χ3v) is 7.66. The van der Waals surface area contributed by atoms with Gasteiger partial charge in [0.15, 0.2) is 11.8 Å². The van der Waals surface area contributed by atoms with Crippen molar-refractivity contribution < 1.29 is 32.8 Å². The standard InChI is InChI=1S/C26H29ClF2N4O5/c1-33-6-2-3-13(10-33)37-14-7-17(28)15(18(29)8-14)4-5-19-16(27)9-20-25(30-19)32-26(31-20)38-22-12-36-23-21(34)11-35-24(22)23/h7-9,13,21-24,34H,2-6,10-12H2,1H3,(H,30,31,32)/t13?,21-,22-,23-,24-/m1/s1. The van der Waals surface area contributed by atoms with E-state index in [9.17, 15) is 13.9 Å². The van der Waals surface area contributed by atoms with Crippen molar-refractivity contribution in [1.29, 1.82) is 0 Å². The number of rotatable bonds is 7. The smallest absolute Gasteiger partial charge is 0.296 e. The maximum absolute atomic E-state index is 14.9. The average molecular weight is 551 g/mol. The Labute approximate surface area is 223 Å². The Bertz CT molecular complexity index is 1300. The number of hydrogen-bond donors (Lipinski definition) is 2. The molecule has 0 aliphatic carbocycles. The van der Waals surface area contributed by atoms with Crippen LogP contribution in [0.4, 0.5) is 8.78 Å². The highest BCUT2D eigenvalue weighted by atomic mass is 35.5. The number of halogens is 3. The molecule has 0 bridgehead atoms. The largest absolute Gasteiger partial charge is 0.489 e. The highest BCUT2D eigenvalue weighted by Crippen LogP contribution is 2.31. The number of likely N-dealkylation sites (tertiary alicyclic amines) is 1. The van der Waals surface area contributed by atoms with Gasteiger partial charge in [0.2, 0.25) is 0 Å². The topological polar surface area (TPSA) is 102 Å². The lowest BCUT2D eigenvalue weighted by Gasteiger charge is -2.30. The van der Waals surface area contributed by atoms with Gasteiger partial charge in [-0.15, -0.1) is 0 Å². The number of ether oxygens (including phenoxy) is 4. The van der Waals surface area contributed by atoms with E-state index in [2.05, 4.69) is 19.9 Å². The SMILES string of the molecule is CN1CCCC(Oc2cc(F)c(CCc3nc4nc(O[C@@H]5CO[C@H]6[C@@H]5OC[C@H]6O)[nH]c4cc3Cl)c(F)c2)C1. The van der Waals surface area contributed by atoms with Gasteiger partial charge in [-0.2, -0.15) is 4.98 Å². The molecule has 1 aromatic carbocycles. The summed E-state index contributed by atoms with van der Waals surface area (Å²) in [6, 6.07) is 4.37. The maximum atomic E-state index is 14.9. The van der Waals surface area contributed by atoms with E-state index in [1.807, 2.05) is 7.05 Å². The lowest BCUT2D eigenvalue weighted by Crippen LogP contribution is -2.38. The predicted octanol–water partition coefficient (Wildman–Crippen LogP) is 3.05. The molecule has 38 heavy (non-hydrogen) atoms. The van der Waals surface area contributed by atoms with E-state index >= 15 is 0 Å². The van der Waals surface area contributed by atoms with Gasteiger partial charge in [-0.3, -0.25) is 0 Å². The van der Waals surface area contributed by atoms with Crippen LogP contribution in [0, 0.1) is 11.6 Å². The van der Waals surface area contributed by atoms with Gasteiger partial charge >= 0.3 is 0 Å². The normalized spacial score (nSPS) is 27.7. The molecule has 0 saturated carbocycles. The van der Waals surface area contributed by atoms with Gasteiger partial charge in [0.1, 0.15) is 41.8 Å². The molecule has 3 aliphatic heterocycles. The first-order valence-corrected chi connectivity index (χ1v) is 13.2. The van der Waals surface area contributed by atoms with Gasteiger partial charge in [-0.25, -0.2) is 13.8 Å². The van der Waals surface area contributed by atoms with Crippen LogP contribution in [0.15, 0.2) is 18.2 Å². The second-order valence-corrected chi connectivity index (χ2v) is 10.6. The lowest BCUT2D eigenvalue weighted by molar-refractivity contribution is 0.00706. The first kappa shape index (κ1) is 25.7. The number of nitrogens with one attached hydrogen (secondary N) is 1. The number of aryl methyl sites for hydroxylation is 1. The average Bonchev–Trinajstić information content (AvgIpc) is 3.55. The first-order chi connectivity index (χ1) is 18.3. The molecule has 2 aromatic heterocycles. The fourth-order valence-corrected chi connectivity index (χ4v) is 5.64. The highest BCUT2D eigenvalue weighted by Gasteiger charge is 2.48. The van der Waals surface area contributed by atoms with Crippen LogP contribution in [-0.2, 0) is 22.3 Å². The highest BCUT2D eigenvalue weighted by molar-refractivity contribution is 6.31. The number of aromatic amines is 1. The van der Waals surface area contributed by atoms with Gasteiger partial charge < -0.3 is 33.9 Å². The second-order valence-electron chi connectivity index (χ2n) is 10.2. The Balaban J connectivity index is 1.12. The number of piperidine rings is 1. The van der Waals surface area contributed by atoms with Crippen LogP contribution >= 0.6 is 11.6 Å². The summed E-state index contributed by atoms with van der Waals surface area (Å²) < 4.78 is 52.6. The molecule has 3 aromatic rings. The third-order valence-electron chi connectivity index (χ3n) is 7.33. The minimum absolute atomic E-state index is 0.0448. The Hall–Kier alpha value is -2.57. The molecule has 2 N–H and O–H groups in total. The van der Waals surface area contributed by atoms with Crippen molar-refractivity contribution in [2.75, 3.05) is 33.4 Å². The number of aliphatic hydroxyl groups excluding tert-OH is 1. The number of hydrogen-bond acceptors (Lipinski definition) is 8. The van der Waals surface area contributed by atoms with E-state index in [1.165, 1.54) is 12.1 Å². The fourth-order valence-electron chi connectivity index (χ4n) is 5.39. The molecule has 3 saturated heterocycles. The molecule has 9 nitrogen and oxygen atoms in total. The predicted molar refractivity (Wildman–Crippen MR) is 134 cm³/mol. The summed E-state index contributed by atoms with van der Waals surface area (Å²) in [6.07, 6.45) is 0.137. The van der Waals surface area contributed by atoms with Crippen molar-refractivity contribution in [2.45, 2.75) is 56.2 Å². The van der Waals surface area contributed by atoms with Crippen LogP contribution in [0.5, 0.6) is 11.8 Å². The van der Waals surface area contributed by atoms with Crippen LogP contribution in [0.3, 0.4) is 0 Å². The van der Waals surface area contributed by atoms with Crippen molar-refractivity contribution in [3.05, 3.63) is 46.1 Å². The summed E-state index contributed by atoms with van der Waals surface area (Å²) in [5.74, 6) is -1.12. The number of likely N-dealkylation sites (N-methyl/N-ethyl adjacent to an activating group) is 1. The molecule has 0 radical (unpaired) electrons. The third kappa shape index (κ3) is 5.17. The number of imidazole rings is 1. The van der Waals surface area contributed by atoms with Crippen LogP contribution < -0.4 is 9.47 Å². The Morgan fingerprint density at radius 3 is 2.68 bits per heavy atom. The number of fused-ring (bicyclic) bond motifs is 2. The van der Waals surface area contributed by atoms with Crippen molar-refractivity contribution in [1.82, 2.24) is 19.9 Å². The number of benzene rings is 1. The van der Waals surface area contributed by atoms with Gasteiger partial charge in [0, 0.05) is 24.2 Å². The molecule has 204 valence electrons. The molecular weight excluding hydrogens is 522 g/mol. The van der Waals surface area contributed by atoms with E-state index in [0.29, 0.717) is 21.9 Å². The molecule has 12 heteroatoms. The summed E-state index contributed by atoms with van der Waals surface area (Å²) in [5, 5.41) is 10.3. The number of H-pyrrole nitrogens is 1. The number of pyridine rings is 1. The van der Waals surface area contributed by atoms with Crippen molar-refractivity contribution in [2.24, 2.45) is 0 Å². The quantitative estimate of drug-likeness (QED) is 0.463. The monoisotopic (exact) mass is 550 g/mol. The van der Waals surface area contributed by atoms with Crippen LogP contribution in [0.25, 0.3) is 11.2 Å². The first-order valence-electron chi connectivity index (χ1n) is 12.8. The van der Waals surface area contributed by atoms with Crippen molar-refractivity contribution in [3.63, 3.8) is 0 Å². The zero-order valence-corrected chi connectivity index (χ0v) is 21.6. The number of aliphatic hydroxyl groups is 1. The summed E-state index contributed by atoms with van der Waals surface area (Å²) in [4.78, 5) is 14.0. The minimum Gasteiger partial charge on any atom is -0.489 e. The van der Waals surface area contributed by atoms with Crippen LogP contribution in [0.1, 0.15) is 24.1 Å². The number of nitrogens with zero attached hydrogens (tertiary/aromatic N) is 3. The van der Waals surface area contributed by atoms with E-state index in [-0.39, 0.29) is 55.6 Å². The van der Waals surface area contributed by atoms with Crippen LogP contribution in [-0.4, -0.2) is 88.8 Å². The van der Waals surface area contributed by atoms with E-state index in [1.54, 1.807) is 6.07 Å². The molecule has 3 aliphatic rings. The maximum Gasteiger partial charge on any atom is 0.296 e. The minimum atomic E-state index is -0.676. The molecule has 1 unspecified atom stereocenters. The van der Waals surface area contributed by atoms with Crippen LogP contribution in [0.2, 0.25) is 5.02 Å². The van der Waals surface area contributed by atoms with Gasteiger partial charge in [0.05, 0.1) is 29.4 Å². The number of aromatic nitrogens is 3. The molecule has 5 heterocycles. The zero-order chi connectivity index (χ0) is 26.4. The van der Waals surface area contributed by atoms with Gasteiger partial charge in [0.25, 0.3) is 6.01 Å². The zero-order valence-electron chi connectivity index (χ0n) is 20.8. The Morgan fingerprint density at radius 1 is 1.11 bits per heavy atom. The van der Waals surface area contributed by atoms with E-state index < -0.39 is 29.9 Å². The summed E-state index contributed by atoms with van der Waals surface area (Å²) in [5.41, 5.74) is 1.35. The summed E-state index contributed by atoms with van der Waals surface area (Å²) in [7, 11) is 2.00. The summed E-state index contributed by atoms with van der Waals surface area (Å²) in [6.45, 7) is 2.18. The molecule has 6 rings (SSSR count). The van der Waals surface area contributed by atoms with E-state index in [4.69, 9.17) is 30.5 Å². The Kier molecular flexibility index (Phi) is 7.12. The van der Waals surface area contributed by atoms with Gasteiger partial charge in [-0.1, -0.05) is 11.6 Å². The molecular formula is C26H29ClF2N4O5. The molecule has 5 atom stereocenters. The molecule has 3 fully saturated rings. The van der Waals surface area contributed by atoms with E-state index in [0.717, 1.165) is 25.9 Å². The fraction of sp³-hybridized carbons (Fsp3) is 0.538.